The fraction of sp³-hybridized carbons (Fsp3) is 0.0500. The molecule has 0 aliphatic rings. The average Bonchev–Trinajstić information content (AvgIpc) is 3.33. The molecule has 0 amide bonds. The van der Waals surface area contributed by atoms with Crippen molar-refractivity contribution in [3.63, 3.8) is 0 Å². The van der Waals surface area contributed by atoms with Gasteiger partial charge in [-0.15, -0.1) is 50.5 Å². The average molecular weight is 1030 g/mol. The molecular formula is C40H38CoN12O10S4-2. The van der Waals surface area contributed by atoms with E-state index in [9.17, 15) is 27.0 Å². The second kappa shape index (κ2) is 26.9. The minimum atomic E-state index is -3.80. The molecule has 27 heteroatoms. The summed E-state index contributed by atoms with van der Waals surface area (Å²) in [5.41, 5.74) is 12.9. The van der Waals surface area contributed by atoms with Crippen LogP contribution >= 0.6 is 24.1 Å². The van der Waals surface area contributed by atoms with Gasteiger partial charge in [0.15, 0.2) is 11.7 Å². The molecule has 0 unspecified atom stereocenters. The number of nitrogens with one attached hydrogen (secondary N) is 2. The van der Waals surface area contributed by atoms with Crippen molar-refractivity contribution in [1.82, 2.24) is 10.2 Å². The van der Waals surface area contributed by atoms with Crippen LogP contribution in [0.5, 0.6) is 11.5 Å². The third-order valence-electron chi connectivity index (χ3n) is 7.98. The molecule has 353 valence electrons. The third-order valence-corrected chi connectivity index (χ3v) is 11.5. The number of nitrogens with two attached hydrogens (primary N) is 2. The summed E-state index contributed by atoms with van der Waals surface area (Å²) in [6.45, 7) is 0. The molecule has 1 radical (unpaired) electrons. The fourth-order valence-corrected chi connectivity index (χ4v) is 6.88. The maximum atomic E-state index is 12.0. The number of sulfonamides is 2. The van der Waals surface area contributed by atoms with Gasteiger partial charge in [-0.05, 0) is 67.7 Å². The molecule has 6 aromatic carbocycles. The van der Waals surface area contributed by atoms with Gasteiger partial charge in [0.1, 0.15) is 22.9 Å². The number of phenols is 2. The van der Waals surface area contributed by atoms with Gasteiger partial charge in [-0.1, -0.05) is 84.9 Å². The molecule has 0 bridgehead atoms. The first-order valence-corrected chi connectivity index (χ1v) is 23.0. The van der Waals surface area contributed by atoms with E-state index in [-0.39, 0.29) is 61.1 Å². The van der Waals surface area contributed by atoms with Gasteiger partial charge in [-0.3, -0.25) is 0 Å². The quantitative estimate of drug-likeness (QED) is 0.00893. The zero-order chi connectivity index (χ0) is 47.4. The van der Waals surface area contributed by atoms with E-state index in [1.54, 1.807) is 92.0 Å². The first-order valence-electron chi connectivity index (χ1n) is 18.5. The Bertz CT molecular complexity index is 2870. The summed E-state index contributed by atoms with van der Waals surface area (Å²) in [5.74, 6) is 4.79. The molecule has 0 aliphatic heterocycles. The third kappa shape index (κ3) is 17.2. The monoisotopic (exact) mass is 1030 g/mol. The number of amidine groups is 2. The van der Waals surface area contributed by atoms with Gasteiger partial charge in [-0.25, -0.2) is 26.7 Å². The number of hydrogen-bond donors (Lipinski definition) is 6. The molecule has 0 aliphatic carbocycles. The second-order valence-electron chi connectivity index (χ2n) is 12.4. The van der Waals surface area contributed by atoms with E-state index in [1.807, 2.05) is 12.1 Å². The van der Waals surface area contributed by atoms with Crippen molar-refractivity contribution in [2.24, 2.45) is 41.7 Å². The Balaban J connectivity index is 0.000000288. The predicted octanol–water partition coefficient (Wildman–Crippen LogP) is 8.56. The molecular weight excluding hydrogens is 996 g/mol. The summed E-state index contributed by atoms with van der Waals surface area (Å²) < 4.78 is 58.5. The number of hydrogen-bond acceptors (Lipinski definition) is 18. The fourth-order valence-electron chi connectivity index (χ4n) is 4.78. The molecule has 0 spiro atoms. The number of primary sulfonamides is 1. The second-order valence-corrected chi connectivity index (χ2v) is 17.4. The molecule has 0 heterocycles. The molecule has 0 aromatic heterocycles. The van der Waals surface area contributed by atoms with Gasteiger partial charge in [-0.2, -0.15) is 11.4 Å². The van der Waals surface area contributed by atoms with Crippen LogP contribution in [0.25, 0.3) is 10.9 Å². The van der Waals surface area contributed by atoms with Crippen LogP contribution in [-0.4, -0.2) is 52.8 Å². The first-order chi connectivity index (χ1) is 31.8. The molecule has 6 rings (SSSR count). The number of aromatic hydroxyl groups is 2. The molecule has 8 N–H and O–H groups in total. The molecule has 0 saturated carbocycles. The maximum absolute atomic E-state index is 12.0. The van der Waals surface area contributed by atoms with Crippen LogP contribution in [-0.2, 0) is 55.5 Å². The van der Waals surface area contributed by atoms with Gasteiger partial charge in [0, 0.05) is 44.7 Å². The van der Waals surface area contributed by atoms with E-state index in [2.05, 4.69) is 66.0 Å². The minimum absolute atomic E-state index is 0. The van der Waals surface area contributed by atoms with Crippen LogP contribution in [0.1, 0.15) is 11.1 Å². The number of rotatable bonds is 18. The van der Waals surface area contributed by atoms with E-state index in [0.717, 1.165) is 29.0 Å². The van der Waals surface area contributed by atoms with Crippen molar-refractivity contribution < 1.29 is 62.5 Å². The van der Waals surface area contributed by atoms with E-state index in [1.165, 1.54) is 55.6 Å². The number of azo groups is 2. The van der Waals surface area contributed by atoms with Crippen molar-refractivity contribution in [1.29, 1.82) is 0 Å². The minimum Gasteiger partial charge on any atom is -0.574 e. The summed E-state index contributed by atoms with van der Waals surface area (Å²) in [7, 11) is -4.70. The Morgan fingerprint density at radius 3 is 1.57 bits per heavy atom. The summed E-state index contributed by atoms with van der Waals surface area (Å²) >= 11 is 1.84. The smallest absolute Gasteiger partial charge is 0.240 e. The van der Waals surface area contributed by atoms with Crippen LogP contribution in [0.15, 0.2) is 196 Å². The van der Waals surface area contributed by atoms with Gasteiger partial charge >= 0.3 is 0 Å². The van der Waals surface area contributed by atoms with E-state index in [4.69, 9.17) is 15.4 Å². The SMILES string of the molecule is CNOOSc1ccc(O)c(N=N/C(=N\[N-]c2ccc(S(N)(=O)=O)cc2)c2ccccc2)c1.CNS(=O)(=O)c1ccc(O)c(N=N/C(=N\[N-]c2ccc(SOON)cc2)c2ccccc2)c1.[Co]. The molecule has 6 aromatic rings. The molecule has 67 heavy (non-hydrogen) atoms. The number of nitrogens with zero attached hydrogens (tertiary/aromatic N) is 8. The van der Waals surface area contributed by atoms with Gasteiger partial charge in [0.2, 0.25) is 20.0 Å². The number of phenolic OH excluding ortho intramolecular Hbond substituents is 2. The zero-order valence-corrected chi connectivity index (χ0v) is 39.0. The van der Waals surface area contributed by atoms with Crippen molar-refractivity contribution in [3.05, 3.63) is 168 Å². The molecule has 22 nitrogen and oxygen atoms in total. The van der Waals surface area contributed by atoms with Crippen molar-refractivity contribution in [2.45, 2.75) is 19.6 Å². The predicted molar refractivity (Wildman–Crippen MR) is 247 cm³/mol. The zero-order valence-electron chi connectivity index (χ0n) is 34.7. The standard InChI is InChI=1S/2C20H19N6O5S2.Co/c1-22-30-31-32-16-9-12-19(27)18(13-16)24-26-20(14-5-3-2-4-6-14)25-23-15-7-10-17(11-8-15)33(21,28)29;1-22-33(28,29)17-11-12-19(27)18(13-17)24-26-20(14-5-3-2-4-6-14)25-23-15-7-9-16(10-8-15)32-31-30-21;/h2-13,22H,1H3,(H3-,21,23,24,25,26,27,28,29);2-13,22H,21H2,1H3,(H-,23,24,25,26,27);/q2*-1;. The molecule has 0 saturated heterocycles. The number of hydroxylamine groups is 1. The van der Waals surface area contributed by atoms with Crippen LogP contribution in [0, 0.1) is 0 Å². The van der Waals surface area contributed by atoms with E-state index in [0.29, 0.717) is 27.4 Å². The van der Waals surface area contributed by atoms with E-state index >= 15 is 0 Å². The Morgan fingerprint density at radius 2 is 1.07 bits per heavy atom. The van der Waals surface area contributed by atoms with Crippen LogP contribution < -0.4 is 21.2 Å². The Labute approximate surface area is 403 Å². The van der Waals surface area contributed by atoms with Crippen LogP contribution in [0.2, 0.25) is 0 Å². The topological polar surface area (TPSA) is 324 Å². The van der Waals surface area contributed by atoms with Crippen LogP contribution in [0.3, 0.4) is 0 Å². The number of benzene rings is 6. The van der Waals surface area contributed by atoms with E-state index < -0.39 is 20.0 Å². The van der Waals surface area contributed by atoms with Gasteiger partial charge in [0.25, 0.3) is 0 Å². The Hall–Kier alpha value is -6.15. The van der Waals surface area contributed by atoms with Crippen LogP contribution in [0.4, 0.5) is 22.7 Å². The largest absolute Gasteiger partial charge is 0.574 e. The van der Waals surface area contributed by atoms with Crippen molar-refractivity contribution in [2.75, 3.05) is 14.1 Å². The van der Waals surface area contributed by atoms with Crippen molar-refractivity contribution in [3.8, 4) is 11.5 Å². The van der Waals surface area contributed by atoms with Gasteiger partial charge < -0.3 is 31.3 Å². The Morgan fingerprint density at radius 1 is 0.612 bits per heavy atom. The normalized spacial score (nSPS) is 12.1. The first kappa shape index (κ1) is 53.5. The summed E-state index contributed by atoms with van der Waals surface area (Å²) in [5, 5.41) is 50.0. The summed E-state index contributed by atoms with van der Waals surface area (Å²) in [4.78, 5) is 9.87. The summed E-state index contributed by atoms with van der Waals surface area (Å²) in [6, 6.07) is 38.6. The molecule has 0 fully saturated rings. The Kier molecular flexibility index (Phi) is 21.4. The summed E-state index contributed by atoms with van der Waals surface area (Å²) in [6.07, 6.45) is 0. The maximum Gasteiger partial charge on any atom is 0.240 e. The van der Waals surface area contributed by atoms with Crippen molar-refractivity contribution >= 4 is 78.6 Å². The van der Waals surface area contributed by atoms with Gasteiger partial charge in [0.05, 0.1) is 33.9 Å². The molecule has 0 atom stereocenters.